The van der Waals surface area contributed by atoms with Crippen LogP contribution < -0.4 is 4.74 Å². The largest absolute Gasteiger partial charge is 2.00 e. The van der Waals surface area contributed by atoms with E-state index in [9.17, 15) is 0 Å². The van der Waals surface area contributed by atoms with Crippen LogP contribution in [-0.2, 0) is 29.0 Å². The number of rotatable bonds is 0. The summed E-state index contributed by atoms with van der Waals surface area (Å²) in [6, 6.07) is 8.08. The number of hydrogen-bond donors (Lipinski definition) is 0. The van der Waals surface area contributed by atoms with E-state index in [0.29, 0.717) is 0 Å². The van der Waals surface area contributed by atoms with Gasteiger partial charge in [-0.25, -0.2) is 0 Å². The fourth-order valence-corrected chi connectivity index (χ4v) is 1.08. The maximum atomic E-state index is 5.24. The Balaban J connectivity index is 0.000000605. The van der Waals surface area contributed by atoms with Crippen molar-refractivity contribution in [2.24, 2.45) is 0 Å². The minimum absolute atomic E-state index is 0. The average Bonchev–Trinajstić information content (AvgIpc) is 2.05. The molecule has 0 unspecified atom stereocenters. The van der Waals surface area contributed by atoms with Gasteiger partial charge in [0.05, 0.1) is 6.26 Å². The molecule has 0 spiro atoms. The van der Waals surface area contributed by atoms with E-state index in [0.717, 1.165) is 12.2 Å². The van der Waals surface area contributed by atoms with E-state index >= 15 is 0 Å². The van der Waals surface area contributed by atoms with Crippen LogP contribution in [0.2, 0.25) is 0 Å². The molecule has 0 atom stereocenters. The molecule has 0 bridgehead atoms. The number of benzene rings is 1. The van der Waals surface area contributed by atoms with Gasteiger partial charge >= 0.3 is 17.1 Å². The Morgan fingerprint density at radius 3 is 2.67 bits per heavy atom. The maximum absolute atomic E-state index is 5.24. The first-order chi connectivity index (χ1) is 4.97. The topological polar surface area (TPSA) is 37.7 Å². The Hall–Kier alpha value is -0.761. The van der Waals surface area contributed by atoms with Crippen LogP contribution in [-0.4, -0.2) is 0 Å². The third kappa shape index (κ3) is 2.11. The molecule has 2 rings (SSSR count). The molecular formula is C9H8CuO2. The zero-order valence-electron chi connectivity index (χ0n) is 6.29. The van der Waals surface area contributed by atoms with Gasteiger partial charge in [0, 0.05) is 0 Å². The molecule has 1 aliphatic rings. The Kier molecular flexibility index (Phi) is 4.67. The SMILES string of the molecule is C1=COc2ccccc2C1.[Cu+2].[O-2]. The van der Waals surface area contributed by atoms with Gasteiger partial charge in [0.2, 0.25) is 0 Å². The average molecular weight is 212 g/mol. The van der Waals surface area contributed by atoms with E-state index in [1.807, 2.05) is 24.3 Å². The number of hydrogen-bond acceptors (Lipinski definition) is 1. The summed E-state index contributed by atoms with van der Waals surface area (Å²) in [5.74, 6) is 0.991. The Morgan fingerprint density at radius 2 is 1.92 bits per heavy atom. The minimum Gasteiger partial charge on any atom is -2.00 e. The third-order valence-electron chi connectivity index (χ3n) is 1.60. The van der Waals surface area contributed by atoms with Crippen molar-refractivity contribution in [2.45, 2.75) is 6.42 Å². The van der Waals surface area contributed by atoms with Crippen molar-refractivity contribution in [1.29, 1.82) is 0 Å². The summed E-state index contributed by atoms with van der Waals surface area (Å²) in [6.45, 7) is 0. The van der Waals surface area contributed by atoms with Crippen LogP contribution in [0.5, 0.6) is 5.75 Å². The summed E-state index contributed by atoms with van der Waals surface area (Å²) in [4.78, 5) is 0. The maximum Gasteiger partial charge on any atom is 2.00 e. The first-order valence-electron chi connectivity index (χ1n) is 3.36. The van der Waals surface area contributed by atoms with Gasteiger partial charge in [-0.1, -0.05) is 18.2 Å². The van der Waals surface area contributed by atoms with Gasteiger partial charge in [0.1, 0.15) is 5.75 Å². The summed E-state index contributed by atoms with van der Waals surface area (Å²) in [5, 5.41) is 0. The summed E-state index contributed by atoms with van der Waals surface area (Å²) in [6.07, 6.45) is 4.75. The van der Waals surface area contributed by atoms with Gasteiger partial charge < -0.3 is 10.2 Å². The first kappa shape index (κ1) is 11.2. The summed E-state index contributed by atoms with van der Waals surface area (Å²) < 4.78 is 5.24. The van der Waals surface area contributed by atoms with Crippen LogP contribution in [0.4, 0.5) is 0 Å². The molecule has 0 aromatic heterocycles. The Bertz CT molecular complexity index is 244. The quantitative estimate of drug-likeness (QED) is 0.605. The van der Waals surface area contributed by atoms with E-state index < -0.39 is 0 Å². The van der Waals surface area contributed by atoms with Gasteiger partial charge in [-0.2, -0.15) is 0 Å². The second-order valence-corrected chi connectivity index (χ2v) is 2.30. The van der Waals surface area contributed by atoms with E-state index in [4.69, 9.17) is 4.74 Å². The van der Waals surface area contributed by atoms with Crippen LogP contribution >= 0.6 is 0 Å². The van der Waals surface area contributed by atoms with Gasteiger partial charge in [-0.05, 0) is 24.1 Å². The fraction of sp³-hybridized carbons (Fsp3) is 0.111. The fourth-order valence-electron chi connectivity index (χ4n) is 1.08. The zero-order chi connectivity index (χ0) is 6.81. The molecule has 0 N–H and O–H groups in total. The van der Waals surface area contributed by atoms with Crippen LogP contribution in [0.3, 0.4) is 0 Å². The summed E-state index contributed by atoms with van der Waals surface area (Å²) in [7, 11) is 0. The van der Waals surface area contributed by atoms with Crippen molar-refractivity contribution in [3.05, 3.63) is 42.2 Å². The van der Waals surface area contributed by atoms with Crippen molar-refractivity contribution >= 4 is 0 Å². The standard InChI is InChI=1S/C9H8O.Cu.O/c1-2-6-9-8(4-1)5-3-7-10-9;;/h1-4,6-7H,5H2;;/q;+2;-2. The molecule has 1 radical (unpaired) electrons. The monoisotopic (exact) mass is 211 g/mol. The third-order valence-corrected chi connectivity index (χ3v) is 1.60. The summed E-state index contributed by atoms with van der Waals surface area (Å²) in [5.41, 5.74) is 1.27. The smallest absolute Gasteiger partial charge is 2.00 e. The van der Waals surface area contributed by atoms with E-state index in [2.05, 4.69) is 6.07 Å². The number of allylic oxidation sites excluding steroid dienone is 1. The molecule has 67 valence electrons. The molecule has 1 aliphatic heterocycles. The van der Waals surface area contributed by atoms with E-state index in [1.54, 1.807) is 6.26 Å². The molecular weight excluding hydrogens is 204 g/mol. The number of ether oxygens (including phenoxy) is 1. The molecule has 0 fully saturated rings. The van der Waals surface area contributed by atoms with Crippen molar-refractivity contribution in [1.82, 2.24) is 0 Å². The van der Waals surface area contributed by atoms with Crippen molar-refractivity contribution in [3.8, 4) is 5.75 Å². The van der Waals surface area contributed by atoms with E-state index in [-0.39, 0.29) is 22.5 Å². The first-order valence-corrected chi connectivity index (χ1v) is 3.36. The van der Waals surface area contributed by atoms with Crippen molar-refractivity contribution < 1.29 is 27.3 Å². The Labute approximate surface area is 82.0 Å². The molecule has 3 heteroatoms. The molecule has 0 saturated heterocycles. The molecule has 0 saturated carbocycles. The molecule has 1 aromatic rings. The molecule has 1 aromatic carbocycles. The molecule has 12 heavy (non-hydrogen) atoms. The molecule has 0 amide bonds. The van der Waals surface area contributed by atoms with Crippen molar-refractivity contribution in [2.75, 3.05) is 0 Å². The Morgan fingerprint density at radius 1 is 1.17 bits per heavy atom. The second-order valence-electron chi connectivity index (χ2n) is 2.30. The van der Waals surface area contributed by atoms with Gasteiger partial charge in [0.15, 0.2) is 0 Å². The molecule has 0 aliphatic carbocycles. The zero-order valence-corrected chi connectivity index (χ0v) is 7.23. The predicted octanol–water partition coefficient (Wildman–Crippen LogP) is 2.01. The van der Waals surface area contributed by atoms with Crippen molar-refractivity contribution in [3.63, 3.8) is 0 Å². The second kappa shape index (κ2) is 4.99. The summed E-state index contributed by atoms with van der Waals surface area (Å²) >= 11 is 0. The number of para-hydroxylation sites is 1. The van der Waals surface area contributed by atoms with Gasteiger partial charge in [-0.15, -0.1) is 0 Å². The predicted molar refractivity (Wildman–Crippen MR) is 40.6 cm³/mol. The number of fused-ring (bicyclic) bond motifs is 1. The normalized spacial score (nSPS) is 11.7. The van der Waals surface area contributed by atoms with Gasteiger partial charge in [-0.3, -0.25) is 0 Å². The molecule has 2 nitrogen and oxygen atoms in total. The van der Waals surface area contributed by atoms with Crippen LogP contribution in [0, 0.1) is 0 Å². The van der Waals surface area contributed by atoms with Crippen LogP contribution in [0.1, 0.15) is 5.56 Å². The molecule has 1 heterocycles. The van der Waals surface area contributed by atoms with Gasteiger partial charge in [0.25, 0.3) is 0 Å². The van der Waals surface area contributed by atoms with E-state index in [1.165, 1.54) is 5.56 Å². The van der Waals surface area contributed by atoms with Crippen LogP contribution in [0.15, 0.2) is 36.6 Å². The minimum atomic E-state index is 0. The van der Waals surface area contributed by atoms with Crippen LogP contribution in [0.25, 0.3) is 0 Å².